The van der Waals surface area contributed by atoms with Crippen molar-refractivity contribution in [2.24, 2.45) is 0 Å². The predicted octanol–water partition coefficient (Wildman–Crippen LogP) is 0.535. The number of carboxylic acids is 1. The Balaban J connectivity index is 1.54. The lowest BCUT2D eigenvalue weighted by Gasteiger charge is -2.50. The summed E-state index contributed by atoms with van der Waals surface area (Å²) >= 11 is 0. The van der Waals surface area contributed by atoms with E-state index in [1.165, 1.54) is 0 Å². The average Bonchev–Trinajstić information content (AvgIpc) is 2.89. The van der Waals surface area contributed by atoms with Crippen molar-refractivity contribution in [2.45, 2.75) is 43.9 Å². The minimum Gasteiger partial charge on any atom is -0.480 e. The molecule has 118 valence electrons. The summed E-state index contributed by atoms with van der Waals surface area (Å²) in [5, 5.41) is 8.65. The van der Waals surface area contributed by atoms with E-state index in [1.54, 1.807) is 4.90 Å². The van der Waals surface area contributed by atoms with Crippen molar-refractivity contribution in [3.8, 4) is 0 Å². The zero-order valence-corrected chi connectivity index (χ0v) is 12.3. The normalized spacial score (nSPS) is 30.7. The van der Waals surface area contributed by atoms with Crippen molar-refractivity contribution in [3.05, 3.63) is 0 Å². The van der Waals surface area contributed by atoms with E-state index in [0.29, 0.717) is 26.2 Å². The lowest BCUT2D eigenvalue weighted by atomic mass is 9.96. The van der Waals surface area contributed by atoms with Crippen LogP contribution in [0.4, 0.5) is 4.79 Å². The number of likely N-dealkylation sites (tertiary alicyclic amines) is 1. The highest BCUT2D eigenvalue weighted by Crippen LogP contribution is 2.32. The molecule has 1 aliphatic carbocycles. The topological polar surface area (TPSA) is 79.3 Å². The van der Waals surface area contributed by atoms with Gasteiger partial charge in [0, 0.05) is 6.54 Å². The van der Waals surface area contributed by atoms with Crippen molar-refractivity contribution in [1.29, 1.82) is 0 Å². The second-order valence-corrected chi connectivity index (χ2v) is 6.37. The highest BCUT2D eigenvalue weighted by Gasteiger charge is 2.47. The second kappa shape index (κ2) is 5.46. The van der Waals surface area contributed by atoms with E-state index in [4.69, 9.17) is 14.6 Å². The van der Waals surface area contributed by atoms with E-state index >= 15 is 0 Å². The molecule has 0 aromatic heterocycles. The van der Waals surface area contributed by atoms with Crippen LogP contribution in [0.3, 0.4) is 0 Å². The molecule has 3 aliphatic rings. The van der Waals surface area contributed by atoms with Gasteiger partial charge in [-0.05, 0) is 26.2 Å². The number of hydrogen-bond acceptors (Lipinski definition) is 4. The molecule has 2 atom stereocenters. The number of aliphatic carboxylic acids is 1. The van der Waals surface area contributed by atoms with Gasteiger partial charge in [0.25, 0.3) is 0 Å². The number of amides is 2. The van der Waals surface area contributed by atoms with Crippen LogP contribution in [0.5, 0.6) is 0 Å². The molecule has 0 radical (unpaired) electrons. The summed E-state index contributed by atoms with van der Waals surface area (Å²) in [6, 6.07) is 0.240. The van der Waals surface area contributed by atoms with Crippen molar-refractivity contribution in [1.82, 2.24) is 9.80 Å². The van der Waals surface area contributed by atoms with E-state index in [9.17, 15) is 9.59 Å². The predicted molar refractivity (Wildman–Crippen MR) is 73.0 cm³/mol. The first-order valence-electron chi connectivity index (χ1n) is 7.51. The molecule has 2 unspecified atom stereocenters. The van der Waals surface area contributed by atoms with Crippen molar-refractivity contribution in [3.63, 3.8) is 0 Å². The monoisotopic (exact) mass is 298 g/mol. The number of hydrogen-bond donors (Lipinski definition) is 1. The molecule has 21 heavy (non-hydrogen) atoms. The fourth-order valence-corrected chi connectivity index (χ4v) is 3.57. The van der Waals surface area contributed by atoms with Crippen molar-refractivity contribution in [2.75, 3.05) is 32.8 Å². The fourth-order valence-electron chi connectivity index (χ4n) is 3.57. The van der Waals surface area contributed by atoms with Gasteiger partial charge < -0.3 is 24.4 Å². The molecule has 2 amide bonds. The number of carbonyl (C=O) groups excluding carboxylic acids is 1. The van der Waals surface area contributed by atoms with Gasteiger partial charge in [-0.25, -0.2) is 9.59 Å². The van der Waals surface area contributed by atoms with Gasteiger partial charge in [-0.3, -0.25) is 0 Å². The van der Waals surface area contributed by atoms with Crippen LogP contribution in [0.15, 0.2) is 0 Å². The first kappa shape index (κ1) is 14.6. The summed E-state index contributed by atoms with van der Waals surface area (Å²) in [5.41, 5.74) is -0.532. The first-order valence-corrected chi connectivity index (χ1v) is 7.51. The molecule has 7 heteroatoms. The van der Waals surface area contributed by atoms with Crippen molar-refractivity contribution < 1.29 is 24.2 Å². The van der Waals surface area contributed by atoms with E-state index in [-0.39, 0.29) is 24.8 Å². The van der Waals surface area contributed by atoms with E-state index < -0.39 is 11.6 Å². The largest absolute Gasteiger partial charge is 0.480 e. The Bertz CT molecular complexity index is 435. The van der Waals surface area contributed by atoms with Gasteiger partial charge in [0.2, 0.25) is 0 Å². The standard InChI is InChI=1S/C14H22N2O5/c1-14(21-7-12(17)18)8-15(9-14)13(19)16-5-6-20-11-4-2-3-10(11)16/h10-11H,2-9H2,1H3,(H,17,18). The summed E-state index contributed by atoms with van der Waals surface area (Å²) in [6.45, 7) is 3.68. The molecule has 0 aromatic carbocycles. The van der Waals surface area contributed by atoms with Crippen LogP contribution in [0, 0.1) is 0 Å². The van der Waals surface area contributed by atoms with Crippen LogP contribution in [0.2, 0.25) is 0 Å². The summed E-state index contributed by atoms with van der Waals surface area (Å²) < 4.78 is 11.1. The Morgan fingerprint density at radius 3 is 2.86 bits per heavy atom. The van der Waals surface area contributed by atoms with Crippen LogP contribution in [0.25, 0.3) is 0 Å². The van der Waals surface area contributed by atoms with Gasteiger partial charge in [0.15, 0.2) is 0 Å². The van der Waals surface area contributed by atoms with Gasteiger partial charge >= 0.3 is 12.0 Å². The summed E-state index contributed by atoms with van der Waals surface area (Å²) in [7, 11) is 0. The molecule has 0 aromatic rings. The van der Waals surface area contributed by atoms with Crippen LogP contribution >= 0.6 is 0 Å². The van der Waals surface area contributed by atoms with Gasteiger partial charge in [-0.2, -0.15) is 0 Å². The Hall–Kier alpha value is -1.34. The number of carboxylic acid groups (broad SMARTS) is 1. The molecule has 1 saturated carbocycles. The highest BCUT2D eigenvalue weighted by atomic mass is 16.5. The number of ether oxygens (including phenoxy) is 2. The Labute approximate surface area is 123 Å². The van der Waals surface area contributed by atoms with E-state index in [0.717, 1.165) is 19.3 Å². The SMILES string of the molecule is CC1(OCC(=O)O)CN(C(=O)N2CCOC3CCCC32)C1. The third-order valence-electron chi connectivity index (χ3n) is 4.59. The van der Waals surface area contributed by atoms with Gasteiger partial charge in [-0.15, -0.1) is 0 Å². The molecule has 3 fully saturated rings. The lowest BCUT2D eigenvalue weighted by Crippen LogP contribution is -2.67. The van der Waals surface area contributed by atoms with Crippen molar-refractivity contribution >= 4 is 12.0 Å². The van der Waals surface area contributed by atoms with Gasteiger partial charge in [-0.1, -0.05) is 0 Å². The Morgan fingerprint density at radius 1 is 1.38 bits per heavy atom. The molecule has 0 bridgehead atoms. The lowest BCUT2D eigenvalue weighted by molar-refractivity contribution is -0.161. The van der Waals surface area contributed by atoms with Crippen LogP contribution in [-0.2, 0) is 14.3 Å². The summed E-state index contributed by atoms with van der Waals surface area (Å²) in [6.07, 6.45) is 3.35. The van der Waals surface area contributed by atoms with Crippen LogP contribution in [0.1, 0.15) is 26.2 Å². The summed E-state index contributed by atoms with van der Waals surface area (Å²) in [4.78, 5) is 26.8. The molecule has 1 N–H and O–H groups in total. The van der Waals surface area contributed by atoms with Gasteiger partial charge in [0.1, 0.15) is 12.2 Å². The quantitative estimate of drug-likeness (QED) is 0.822. The number of fused-ring (bicyclic) bond motifs is 1. The van der Waals surface area contributed by atoms with E-state index in [1.807, 2.05) is 11.8 Å². The maximum atomic E-state index is 12.6. The zero-order valence-electron chi connectivity index (χ0n) is 12.3. The first-order chi connectivity index (χ1) is 9.98. The Kier molecular flexibility index (Phi) is 3.79. The number of morpholine rings is 1. The second-order valence-electron chi connectivity index (χ2n) is 6.37. The number of nitrogens with zero attached hydrogens (tertiary/aromatic N) is 2. The Morgan fingerprint density at radius 2 is 2.14 bits per heavy atom. The fraction of sp³-hybridized carbons (Fsp3) is 0.857. The molecule has 3 rings (SSSR count). The molecule has 0 spiro atoms. The molecular weight excluding hydrogens is 276 g/mol. The molecule has 2 saturated heterocycles. The highest BCUT2D eigenvalue weighted by molar-refractivity contribution is 5.76. The maximum absolute atomic E-state index is 12.6. The zero-order chi connectivity index (χ0) is 15.0. The van der Waals surface area contributed by atoms with Crippen LogP contribution < -0.4 is 0 Å². The smallest absolute Gasteiger partial charge is 0.329 e. The summed E-state index contributed by atoms with van der Waals surface area (Å²) in [5.74, 6) is -0.983. The minimum atomic E-state index is -0.983. The van der Waals surface area contributed by atoms with Crippen LogP contribution in [-0.4, -0.2) is 77.5 Å². The number of carbonyl (C=O) groups is 2. The molecular formula is C14H22N2O5. The number of rotatable bonds is 3. The third kappa shape index (κ3) is 2.85. The maximum Gasteiger partial charge on any atom is 0.329 e. The van der Waals surface area contributed by atoms with E-state index in [2.05, 4.69) is 0 Å². The number of urea groups is 1. The average molecular weight is 298 g/mol. The third-order valence-corrected chi connectivity index (χ3v) is 4.59. The van der Waals surface area contributed by atoms with Gasteiger partial charge in [0.05, 0.1) is 31.8 Å². The molecule has 2 heterocycles. The molecule has 7 nitrogen and oxygen atoms in total. The minimum absolute atomic E-state index is 0.0339. The molecule has 2 aliphatic heterocycles.